The summed E-state index contributed by atoms with van der Waals surface area (Å²) >= 11 is 0. The molecule has 0 aliphatic carbocycles. The number of nitrogens with one attached hydrogen (secondary N) is 3. The normalized spacial score (nSPS) is 26.9. The van der Waals surface area contributed by atoms with Crippen LogP contribution in [0.15, 0.2) is 0 Å². The van der Waals surface area contributed by atoms with E-state index in [-0.39, 0.29) is 6.42 Å². The number of hydrogen-bond donors (Lipinski definition) is 8. The third-order valence-corrected chi connectivity index (χ3v) is 5.52. The standard InChI is InChI=1S/C20H38N4O9/c1-12(18(30)23-10-16(27)28)24-19(31)13(21)5-3-4-7-22-8-6-20(32-2)9-14(26)17(29)15(11-25)33-20/h12-15,17,22,25-26,29H,3-11,21H2,1-2H3,(H,23,30)(H,24,31)(H,27,28)/t12?,13?,14?,15?,17?,20-/m0/s1. The number of ether oxygens (including phenoxy) is 2. The van der Waals surface area contributed by atoms with Crippen molar-refractivity contribution < 1.29 is 44.3 Å². The molecule has 1 heterocycles. The molecule has 0 aromatic rings. The van der Waals surface area contributed by atoms with Gasteiger partial charge in [-0.3, -0.25) is 14.4 Å². The van der Waals surface area contributed by atoms with Crippen LogP contribution in [0.25, 0.3) is 0 Å². The van der Waals surface area contributed by atoms with E-state index in [1.54, 1.807) is 0 Å². The first-order valence-corrected chi connectivity index (χ1v) is 11.0. The second-order valence-electron chi connectivity index (χ2n) is 8.16. The number of carboxylic acid groups (broad SMARTS) is 1. The van der Waals surface area contributed by atoms with Crippen molar-refractivity contribution in [1.29, 1.82) is 0 Å². The van der Waals surface area contributed by atoms with Gasteiger partial charge in [-0.05, 0) is 26.3 Å². The van der Waals surface area contributed by atoms with Crippen LogP contribution in [0.2, 0.25) is 0 Å². The Morgan fingerprint density at radius 3 is 2.52 bits per heavy atom. The van der Waals surface area contributed by atoms with Crippen LogP contribution < -0.4 is 21.7 Å². The number of carbonyl (C=O) groups is 3. The largest absolute Gasteiger partial charge is 0.480 e. The van der Waals surface area contributed by atoms with Crippen LogP contribution in [0.5, 0.6) is 0 Å². The number of carbonyl (C=O) groups excluding carboxylic acids is 2. The number of aliphatic carboxylic acids is 1. The predicted molar refractivity (Wildman–Crippen MR) is 116 cm³/mol. The molecule has 13 heteroatoms. The van der Waals surface area contributed by atoms with Crippen LogP contribution in [0, 0.1) is 0 Å². The van der Waals surface area contributed by atoms with Crippen LogP contribution in [0.4, 0.5) is 0 Å². The molecular weight excluding hydrogens is 440 g/mol. The number of nitrogens with two attached hydrogens (primary N) is 1. The Hall–Kier alpha value is -1.87. The fourth-order valence-electron chi connectivity index (χ4n) is 3.47. The van der Waals surface area contributed by atoms with Gasteiger partial charge in [0.25, 0.3) is 0 Å². The third-order valence-electron chi connectivity index (χ3n) is 5.52. The molecule has 0 spiro atoms. The van der Waals surface area contributed by atoms with Crippen LogP contribution in [-0.2, 0) is 23.9 Å². The van der Waals surface area contributed by atoms with E-state index < -0.39 is 67.1 Å². The molecule has 0 aromatic carbocycles. The smallest absolute Gasteiger partial charge is 0.322 e. The van der Waals surface area contributed by atoms with Crippen molar-refractivity contribution in [2.45, 2.75) is 75.2 Å². The highest BCUT2D eigenvalue weighted by molar-refractivity contribution is 5.90. The fraction of sp³-hybridized carbons (Fsp3) is 0.850. The number of carboxylic acids is 1. The number of methoxy groups -OCH3 is 1. The minimum atomic E-state index is -1.18. The molecule has 1 aliphatic rings. The van der Waals surface area contributed by atoms with E-state index in [0.29, 0.717) is 32.4 Å². The molecule has 1 aliphatic heterocycles. The van der Waals surface area contributed by atoms with E-state index in [4.69, 9.17) is 20.3 Å². The highest BCUT2D eigenvalue weighted by Crippen LogP contribution is 2.32. The summed E-state index contributed by atoms with van der Waals surface area (Å²) in [7, 11) is 1.45. The Morgan fingerprint density at radius 2 is 1.91 bits per heavy atom. The predicted octanol–water partition coefficient (Wildman–Crippen LogP) is -2.99. The van der Waals surface area contributed by atoms with E-state index in [9.17, 15) is 29.7 Å². The van der Waals surface area contributed by atoms with Crippen molar-refractivity contribution in [2.75, 3.05) is 33.4 Å². The highest BCUT2D eigenvalue weighted by Gasteiger charge is 2.46. The molecule has 1 saturated heterocycles. The Balaban J connectivity index is 2.24. The molecule has 13 nitrogen and oxygen atoms in total. The van der Waals surface area contributed by atoms with Gasteiger partial charge in [0.05, 0.1) is 18.8 Å². The lowest BCUT2D eigenvalue weighted by Crippen LogP contribution is -2.57. The molecule has 0 bridgehead atoms. The molecule has 192 valence electrons. The van der Waals surface area contributed by atoms with E-state index in [2.05, 4.69) is 16.0 Å². The number of unbranched alkanes of at least 4 members (excludes halogenated alkanes) is 1. The van der Waals surface area contributed by atoms with Gasteiger partial charge in [0.15, 0.2) is 5.79 Å². The molecule has 33 heavy (non-hydrogen) atoms. The summed E-state index contributed by atoms with van der Waals surface area (Å²) in [6, 6.07) is -1.69. The third kappa shape index (κ3) is 9.88. The topological polar surface area (TPSA) is 213 Å². The zero-order valence-electron chi connectivity index (χ0n) is 19.2. The van der Waals surface area contributed by atoms with Crippen molar-refractivity contribution in [1.82, 2.24) is 16.0 Å². The number of amides is 2. The summed E-state index contributed by atoms with van der Waals surface area (Å²) < 4.78 is 11.1. The SMILES string of the molecule is CO[C@]1(CCNCCCCC(N)C(=O)NC(C)C(=O)NCC(=O)O)CC(O)C(O)C(CO)O1. The molecule has 0 aromatic heterocycles. The molecule has 2 amide bonds. The second-order valence-corrected chi connectivity index (χ2v) is 8.16. The van der Waals surface area contributed by atoms with Crippen LogP contribution in [0.3, 0.4) is 0 Å². The van der Waals surface area contributed by atoms with Crippen LogP contribution >= 0.6 is 0 Å². The average molecular weight is 479 g/mol. The van der Waals surface area contributed by atoms with Crippen molar-refractivity contribution in [3.8, 4) is 0 Å². The van der Waals surface area contributed by atoms with Gasteiger partial charge in [-0.25, -0.2) is 0 Å². The fourth-order valence-corrected chi connectivity index (χ4v) is 3.47. The maximum atomic E-state index is 12.1. The summed E-state index contributed by atoms with van der Waals surface area (Å²) in [6.45, 7) is 1.62. The van der Waals surface area contributed by atoms with E-state index in [1.807, 2.05) is 0 Å². The number of hydrogen-bond acceptors (Lipinski definition) is 10. The van der Waals surface area contributed by atoms with Crippen molar-refractivity contribution in [3.05, 3.63) is 0 Å². The van der Waals surface area contributed by atoms with Gasteiger partial charge in [0, 0.05) is 26.5 Å². The Labute approximate surface area is 193 Å². The first-order valence-electron chi connectivity index (χ1n) is 11.0. The average Bonchev–Trinajstić information content (AvgIpc) is 2.78. The molecule has 6 atom stereocenters. The van der Waals surface area contributed by atoms with E-state index >= 15 is 0 Å². The first-order chi connectivity index (χ1) is 15.5. The van der Waals surface area contributed by atoms with E-state index in [0.717, 1.165) is 6.42 Å². The van der Waals surface area contributed by atoms with Gasteiger partial charge in [0.2, 0.25) is 11.8 Å². The maximum absolute atomic E-state index is 12.1. The summed E-state index contributed by atoms with van der Waals surface area (Å²) in [5.41, 5.74) is 5.86. The Kier molecular flexibility index (Phi) is 12.7. The van der Waals surface area contributed by atoms with Gasteiger partial charge in [-0.1, -0.05) is 6.42 Å². The zero-order valence-corrected chi connectivity index (χ0v) is 19.2. The molecular formula is C20H38N4O9. The monoisotopic (exact) mass is 478 g/mol. The Bertz CT molecular complexity index is 639. The van der Waals surface area contributed by atoms with Crippen molar-refractivity contribution >= 4 is 17.8 Å². The molecule has 5 unspecified atom stereocenters. The lowest BCUT2D eigenvalue weighted by Gasteiger charge is -2.44. The number of aliphatic hydroxyl groups excluding tert-OH is 3. The second kappa shape index (κ2) is 14.4. The number of rotatable bonds is 15. The van der Waals surface area contributed by atoms with E-state index in [1.165, 1.54) is 14.0 Å². The first kappa shape index (κ1) is 29.2. The molecule has 0 radical (unpaired) electrons. The molecule has 0 saturated carbocycles. The van der Waals surface area contributed by atoms with Gasteiger partial charge in [0.1, 0.15) is 24.8 Å². The lowest BCUT2D eigenvalue weighted by atomic mass is 9.93. The zero-order chi connectivity index (χ0) is 25.0. The number of aliphatic hydroxyl groups is 3. The quantitative estimate of drug-likeness (QED) is 0.111. The van der Waals surface area contributed by atoms with Gasteiger partial charge >= 0.3 is 5.97 Å². The maximum Gasteiger partial charge on any atom is 0.322 e. The molecule has 1 rings (SSSR count). The Morgan fingerprint density at radius 1 is 1.21 bits per heavy atom. The van der Waals surface area contributed by atoms with Crippen molar-refractivity contribution in [3.63, 3.8) is 0 Å². The highest BCUT2D eigenvalue weighted by atomic mass is 16.7. The minimum Gasteiger partial charge on any atom is -0.480 e. The summed E-state index contributed by atoms with van der Waals surface area (Å²) in [5, 5.41) is 45.6. The molecule has 9 N–H and O–H groups in total. The summed E-state index contributed by atoms with van der Waals surface area (Å²) in [5.74, 6) is -3.38. The van der Waals surface area contributed by atoms with Gasteiger partial charge in [-0.15, -0.1) is 0 Å². The minimum absolute atomic E-state index is 0.0829. The van der Waals surface area contributed by atoms with Crippen molar-refractivity contribution in [2.24, 2.45) is 5.73 Å². The van der Waals surface area contributed by atoms with Crippen LogP contribution in [-0.4, -0.2) is 108 Å². The van der Waals surface area contributed by atoms with Gasteiger partial charge in [-0.2, -0.15) is 0 Å². The lowest BCUT2D eigenvalue weighted by molar-refractivity contribution is -0.316. The summed E-state index contributed by atoms with van der Waals surface area (Å²) in [4.78, 5) is 34.2. The van der Waals surface area contributed by atoms with Gasteiger partial charge < -0.3 is 51.6 Å². The summed E-state index contributed by atoms with van der Waals surface area (Å²) in [6.07, 6.45) is -0.879. The molecule has 1 fully saturated rings. The van der Waals surface area contributed by atoms with Crippen LogP contribution in [0.1, 0.15) is 39.0 Å².